The van der Waals surface area contributed by atoms with Crippen LogP contribution >= 0.6 is 0 Å². The van der Waals surface area contributed by atoms with Gasteiger partial charge in [0.2, 0.25) is 0 Å². The van der Waals surface area contributed by atoms with Gasteiger partial charge in [-0.1, -0.05) is 58.9 Å². The van der Waals surface area contributed by atoms with Crippen molar-refractivity contribution in [1.82, 2.24) is 4.98 Å². The average Bonchev–Trinajstić information content (AvgIpc) is 2.96. The highest BCUT2D eigenvalue weighted by Gasteiger charge is 2.32. The fraction of sp³-hybridized carbons (Fsp3) is 0.500. The monoisotopic (exact) mass is 381 g/mol. The smallest absolute Gasteiger partial charge is 0.355 e. The maximum Gasteiger partial charge on any atom is 0.355 e. The van der Waals surface area contributed by atoms with Crippen molar-refractivity contribution in [2.75, 3.05) is 6.61 Å². The Labute approximate surface area is 167 Å². The molecule has 0 saturated carbocycles. The number of ether oxygens (including phenoxy) is 1. The third-order valence-electron chi connectivity index (χ3n) is 5.49. The van der Waals surface area contributed by atoms with Crippen molar-refractivity contribution in [3.63, 3.8) is 0 Å². The van der Waals surface area contributed by atoms with Crippen LogP contribution in [0.4, 0.5) is 0 Å². The highest BCUT2D eigenvalue weighted by atomic mass is 16.5. The van der Waals surface area contributed by atoms with Crippen LogP contribution < -0.4 is 0 Å². The van der Waals surface area contributed by atoms with Gasteiger partial charge in [-0.3, -0.25) is 4.79 Å². The lowest BCUT2D eigenvalue weighted by Gasteiger charge is -2.24. The molecule has 1 aliphatic carbocycles. The summed E-state index contributed by atoms with van der Waals surface area (Å²) in [7, 11) is 0. The Morgan fingerprint density at radius 2 is 1.82 bits per heavy atom. The van der Waals surface area contributed by atoms with Gasteiger partial charge in [0.25, 0.3) is 0 Å². The Morgan fingerprint density at radius 3 is 2.39 bits per heavy atom. The first-order valence-corrected chi connectivity index (χ1v) is 10.1. The molecule has 0 spiro atoms. The molecule has 0 amide bonds. The summed E-state index contributed by atoms with van der Waals surface area (Å²) in [5.41, 5.74) is 5.23. The van der Waals surface area contributed by atoms with Gasteiger partial charge in [0.15, 0.2) is 5.78 Å². The lowest BCUT2D eigenvalue weighted by molar-refractivity contribution is 0.0451. The number of hydrogen-bond acceptors (Lipinski definition) is 3. The molecule has 1 unspecified atom stereocenters. The van der Waals surface area contributed by atoms with Crippen molar-refractivity contribution < 1.29 is 14.3 Å². The minimum atomic E-state index is -0.375. The average molecular weight is 382 g/mol. The molecule has 1 aliphatic rings. The Balaban J connectivity index is 1.84. The number of esters is 1. The van der Waals surface area contributed by atoms with Gasteiger partial charge in [0.05, 0.1) is 6.61 Å². The zero-order valence-electron chi connectivity index (χ0n) is 17.8. The molecule has 4 nitrogen and oxygen atoms in total. The number of nitrogens with one attached hydrogen (secondary N) is 1. The molecule has 0 fully saturated rings. The van der Waals surface area contributed by atoms with Gasteiger partial charge in [-0.2, -0.15) is 0 Å². The van der Waals surface area contributed by atoms with Gasteiger partial charge in [-0.25, -0.2) is 4.79 Å². The predicted molar refractivity (Wildman–Crippen MR) is 111 cm³/mol. The topological polar surface area (TPSA) is 59.2 Å². The number of carbonyl (C=O) groups is 2. The maximum absolute atomic E-state index is 12.8. The summed E-state index contributed by atoms with van der Waals surface area (Å²) in [6.07, 6.45) is 1.20. The van der Waals surface area contributed by atoms with E-state index < -0.39 is 0 Å². The number of carbonyl (C=O) groups excluding carboxylic acids is 2. The molecule has 0 bridgehead atoms. The summed E-state index contributed by atoms with van der Waals surface area (Å²) in [6.45, 7) is 12.8. The number of aromatic amines is 1. The second-order valence-electron chi connectivity index (χ2n) is 9.37. The molecule has 1 N–H and O–H groups in total. The van der Waals surface area contributed by atoms with Gasteiger partial charge < -0.3 is 9.72 Å². The number of fused-ring (bicyclic) bond motifs is 1. The van der Waals surface area contributed by atoms with Crippen molar-refractivity contribution in [1.29, 1.82) is 0 Å². The van der Waals surface area contributed by atoms with Gasteiger partial charge >= 0.3 is 5.97 Å². The van der Waals surface area contributed by atoms with Crippen LogP contribution in [0.1, 0.15) is 90.2 Å². The van der Waals surface area contributed by atoms with Crippen molar-refractivity contribution >= 4 is 11.8 Å². The van der Waals surface area contributed by atoms with Crippen LogP contribution in [0.3, 0.4) is 0 Å². The first kappa shape index (κ1) is 20.4. The van der Waals surface area contributed by atoms with E-state index in [0.29, 0.717) is 24.3 Å². The summed E-state index contributed by atoms with van der Waals surface area (Å²) in [6, 6.07) is 8.59. The third-order valence-corrected chi connectivity index (χ3v) is 5.49. The molecule has 4 heteroatoms. The van der Waals surface area contributed by atoms with Crippen LogP contribution in [0.25, 0.3) is 0 Å². The van der Waals surface area contributed by atoms with Crippen molar-refractivity contribution in [3.05, 3.63) is 57.9 Å². The van der Waals surface area contributed by atoms with E-state index >= 15 is 0 Å². The number of hydrogen-bond donors (Lipinski definition) is 1. The summed E-state index contributed by atoms with van der Waals surface area (Å²) >= 11 is 0. The normalized spacial score (nSPS) is 17.0. The standard InChI is InChI=1S/C24H31NO3/c1-14(2)13-28-23(27)22-15(3)21-19(25-22)11-17(12-20(21)26)16-7-9-18(10-8-16)24(4,5)6/h7-10,14,17,25H,11-13H2,1-6H3. The third kappa shape index (κ3) is 4.06. The Bertz CT molecular complexity index is 882. The number of aromatic nitrogens is 1. The molecular weight excluding hydrogens is 350 g/mol. The minimum absolute atomic E-state index is 0.0998. The summed E-state index contributed by atoms with van der Waals surface area (Å²) in [5, 5.41) is 0. The zero-order valence-corrected chi connectivity index (χ0v) is 17.8. The number of Topliss-reactive ketones (excluding diaryl/α,β-unsaturated/α-hetero) is 1. The second-order valence-corrected chi connectivity index (χ2v) is 9.37. The van der Waals surface area contributed by atoms with E-state index in [4.69, 9.17) is 4.74 Å². The van der Waals surface area contributed by atoms with E-state index in [1.165, 1.54) is 11.1 Å². The van der Waals surface area contributed by atoms with E-state index in [9.17, 15) is 9.59 Å². The molecule has 28 heavy (non-hydrogen) atoms. The molecule has 2 aromatic rings. The molecular formula is C24H31NO3. The molecule has 0 aliphatic heterocycles. The van der Waals surface area contributed by atoms with E-state index in [1.807, 2.05) is 20.8 Å². The number of ketones is 1. The van der Waals surface area contributed by atoms with Gasteiger partial charge in [-0.15, -0.1) is 0 Å². The zero-order chi connectivity index (χ0) is 20.6. The molecule has 1 atom stereocenters. The number of H-pyrrole nitrogens is 1. The number of rotatable bonds is 4. The fourth-order valence-electron chi connectivity index (χ4n) is 3.84. The van der Waals surface area contributed by atoms with Crippen molar-refractivity contribution in [2.45, 2.75) is 65.7 Å². The van der Waals surface area contributed by atoms with E-state index in [0.717, 1.165) is 17.7 Å². The Morgan fingerprint density at radius 1 is 1.18 bits per heavy atom. The van der Waals surface area contributed by atoms with Crippen molar-refractivity contribution in [3.8, 4) is 0 Å². The quantitative estimate of drug-likeness (QED) is 0.727. The molecule has 0 radical (unpaired) electrons. The van der Waals surface area contributed by atoms with Gasteiger partial charge in [-0.05, 0) is 47.3 Å². The predicted octanol–water partition coefficient (Wildman–Crippen LogP) is 5.35. The van der Waals surface area contributed by atoms with Crippen LogP contribution in [0.2, 0.25) is 0 Å². The summed E-state index contributed by atoms with van der Waals surface area (Å²) < 4.78 is 5.36. The lowest BCUT2D eigenvalue weighted by Crippen LogP contribution is -2.19. The van der Waals surface area contributed by atoms with Gasteiger partial charge in [0, 0.05) is 17.7 Å². The Kier molecular flexibility index (Phi) is 5.51. The fourth-order valence-corrected chi connectivity index (χ4v) is 3.84. The second kappa shape index (κ2) is 7.57. The molecule has 1 aromatic carbocycles. The number of benzene rings is 1. The first-order valence-electron chi connectivity index (χ1n) is 10.1. The van der Waals surface area contributed by atoms with Crippen LogP contribution in [-0.2, 0) is 16.6 Å². The van der Waals surface area contributed by atoms with Crippen LogP contribution in [0, 0.1) is 12.8 Å². The molecule has 1 heterocycles. The summed E-state index contributed by atoms with van der Waals surface area (Å²) in [4.78, 5) is 28.5. The summed E-state index contributed by atoms with van der Waals surface area (Å²) in [5.74, 6) is 0.129. The molecule has 1 aromatic heterocycles. The van der Waals surface area contributed by atoms with Crippen LogP contribution in [0.5, 0.6) is 0 Å². The Hall–Kier alpha value is -2.36. The van der Waals surface area contributed by atoms with Crippen molar-refractivity contribution in [2.24, 2.45) is 5.92 Å². The minimum Gasteiger partial charge on any atom is -0.461 e. The SMILES string of the molecule is Cc1c(C(=O)OCC(C)C)[nH]c2c1C(=O)CC(c1ccc(C(C)(C)C)cc1)C2. The highest BCUT2D eigenvalue weighted by molar-refractivity contribution is 6.03. The maximum atomic E-state index is 12.8. The van der Waals surface area contributed by atoms with E-state index in [1.54, 1.807) is 0 Å². The van der Waals surface area contributed by atoms with Gasteiger partial charge in [0.1, 0.15) is 5.69 Å². The molecule has 0 saturated heterocycles. The van der Waals surface area contributed by atoms with E-state index in [2.05, 4.69) is 50.0 Å². The van der Waals surface area contributed by atoms with Crippen LogP contribution in [-0.4, -0.2) is 23.3 Å². The highest BCUT2D eigenvalue weighted by Crippen LogP contribution is 2.36. The molecule has 3 rings (SSSR count). The van der Waals surface area contributed by atoms with E-state index in [-0.39, 0.29) is 29.0 Å². The lowest BCUT2D eigenvalue weighted by atomic mass is 9.80. The van der Waals surface area contributed by atoms with Crippen LogP contribution in [0.15, 0.2) is 24.3 Å². The largest absolute Gasteiger partial charge is 0.461 e. The molecule has 150 valence electrons. The first-order chi connectivity index (χ1) is 13.1.